The smallest absolute Gasteiger partial charge is 0.314 e. The van der Waals surface area contributed by atoms with Crippen LogP contribution in [-0.4, -0.2) is 32.4 Å². The van der Waals surface area contributed by atoms with Crippen molar-refractivity contribution in [2.75, 3.05) is 27.4 Å². The van der Waals surface area contributed by atoms with E-state index >= 15 is 0 Å². The number of nitro benzene ring substituents is 1. The van der Waals surface area contributed by atoms with Crippen molar-refractivity contribution in [2.45, 2.75) is 65.2 Å². The van der Waals surface area contributed by atoms with Crippen molar-refractivity contribution in [3.05, 3.63) is 51.6 Å². The molecule has 0 saturated carbocycles. The third-order valence-electron chi connectivity index (χ3n) is 6.52. The van der Waals surface area contributed by atoms with Gasteiger partial charge >= 0.3 is 5.69 Å². The van der Waals surface area contributed by atoms with Gasteiger partial charge < -0.3 is 18.9 Å². The number of rotatable bonds is 12. The summed E-state index contributed by atoms with van der Waals surface area (Å²) in [7, 11) is 2.90. The Morgan fingerprint density at radius 2 is 1.33 bits per heavy atom. The van der Waals surface area contributed by atoms with Crippen LogP contribution in [0.25, 0.3) is 0 Å². The Bertz CT molecular complexity index is 967. The van der Waals surface area contributed by atoms with Crippen molar-refractivity contribution in [2.24, 2.45) is 0 Å². The molecule has 2 aromatic carbocycles. The van der Waals surface area contributed by atoms with Crippen molar-refractivity contribution >= 4 is 5.69 Å². The van der Waals surface area contributed by atoms with E-state index < -0.39 is 4.92 Å². The Morgan fingerprint density at radius 1 is 0.788 bits per heavy atom. The van der Waals surface area contributed by atoms with E-state index in [0.29, 0.717) is 5.75 Å². The number of nitro groups is 1. The highest BCUT2D eigenvalue weighted by Crippen LogP contribution is 2.40. The second-order valence-corrected chi connectivity index (χ2v) is 9.31. The van der Waals surface area contributed by atoms with Crippen molar-refractivity contribution in [1.82, 2.24) is 0 Å². The number of nitrogens with zero attached hydrogens (tertiary/aromatic N) is 1. The molecule has 182 valence electrons. The van der Waals surface area contributed by atoms with Crippen molar-refractivity contribution in [1.29, 1.82) is 0 Å². The van der Waals surface area contributed by atoms with E-state index in [2.05, 4.69) is 53.7 Å². The molecular weight excluding hydrogens is 422 g/mol. The van der Waals surface area contributed by atoms with Crippen LogP contribution in [0.5, 0.6) is 23.0 Å². The van der Waals surface area contributed by atoms with E-state index in [1.54, 1.807) is 0 Å². The molecule has 0 atom stereocenters. The van der Waals surface area contributed by atoms with E-state index in [9.17, 15) is 10.1 Å². The first-order chi connectivity index (χ1) is 15.5. The fraction of sp³-hybridized carbons (Fsp3) is 0.538. The molecule has 7 heteroatoms. The first-order valence-electron chi connectivity index (χ1n) is 11.3. The molecule has 0 spiro atoms. The molecule has 7 nitrogen and oxygen atoms in total. The summed E-state index contributed by atoms with van der Waals surface area (Å²) in [4.78, 5) is 11.0. The summed E-state index contributed by atoms with van der Waals surface area (Å²) in [6.45, 7) is 13.7. The average Bonchev–Trinajstić information content (AvgIpc) is 2.80. The summed E-state index contributed by atoms with van der Waals surface area (Å²) >= 11 is 0. The molecule has 0 fully saturated rings. The zero-order valence-corrected chi connectivity index (χ0v) is 21.1. The lowest BCUT2D eigenvalue weighted by molar-refractivity contribution is -0.386. The van der Waals surface area contributed by atoms with Crippen LogP contribution in [0.2, 0.25) is 0 Å². The van der Waals surface area contributed by atoms with Crippen LogP contribution >= 0.6 is 0 Å². The predicted octanol–water partition coefficient (Wildman–Crippen LogP) is 6.45. The summed E-state index contributed by atoms with van der Waals surface area (Å²) in [6.07, 6.45) is 2.00. The Labute approximate surface area is 197 Å². The minimum atomic E-state index is -0.506. The quantitative estimate of drug-likeness (QED) is 0.206. The topological polar surface area (TPSA) is 80.1 Å². The molecule has 0 bridgehead atoms. The third kappa shape index (κ3) is 6.09. The van der Waals surface area contributed by atoms with Gasteiger partial charge in [0.15, 0.2) is 11.5 Å². The zero-order chi connectivity index (χ0) is 24.8. The zero-order valence-electron chi connectivity index (χ0n) is 21.1. The molecule has 0 radical (unpaired) electrons. The van der Waals surface area contributed by atoms with Gasteiger partial charge in [-0.2, -0.15) is 0 Å². The van der Waals surface area contributed by atoms with E-state index in [0.717, 1.165) is 24.2 Å². The highest BCUT2D eigenvalue weighted by Gasteiger charge is 2.27. The van der Waals surface area contributed by atoms with E-state index in [1.165, 1.54) is 31.9 Å². The van der Waals surface area contributed by atoms with Crippen LogP contribution in [0.15, 0.2) is 30.3 Å². The second-order valence-electron chi connectivity index (χ2n) is 9.31. The number of ether oxygens (including phenoxy) is 4. The van der Waals surface area contributed by atoms with Gasteiger partial charge in [0.05, 0.1) is 25.2 Å². The fourth-order valence-corrected chi connectivity index (χ4v) is 3.41. The molecule has 0 aliphatic carbocycles. The maximum Gasteiger partial charge on any atom is 0.314 e. The van der Waals surface area contributed by atoms with E-state index in [-0.39, 0.29) is 41.2 Å². The lowest BCUT2D eigenvalue weighted by atomic mass is 9.76. The Kier molecular flexibility index (Phi) is 8.58. The van der Waals surface area contributed by atoms with Gasteiger partial charge in [0.2, 0.25) is 5.75 Å². The molecule has 2 aromatic rings. The number of methoxy groups -OCH3 is 2. The highest BCUT2D eigenvalue weighted by molar-refractivity contribution is 5.58. The predicted molar refractivity (Wildman–Crippen MR) is 130 cm³/mol. The van der Waals surface area contributed by atoms with Gasteiger partial charge in [0.25, 0.3) is 0 Å². The minimum Gasteiger partial charge on any atom is -0.493 e. The molecule has 0 unspecified atom stereocenters. The molecule has 0 aromatic heterocycles. The first kappa shape index (κ1) is 26.3. The fourth-order valence-electron chi connectivity index (χ4n) is 3.41. The largest absolute Gasteiger partial charge is 0.493 e. The van der Waals surface area contributed by atoms with Gasteiger partial charge in [-0.1, -0.05) is 53.7 Å². The third-order valence-corrected chi connectivity index (χ3v) is 6.52. The monoisotopic (exact) mass is 459 g/mol. The Morgan fingerprint density at radius 3 is 1.85 bits per heavy atom. The highest BCUT2D eigenvalue weighted by atomic mass is 16.6. The normalized spacial score (nSPS) is 11.8. The van der Waals surface area contributed by atoms with Crippen LogP contribution in [-0.2, 0) is 10.8 Å². The first-order valence-corrected chi connectivity index (χ1v) is 11.3. The van der Waals surface area contributed by atoms with E-state index in [1.807, 2.05) is 6.07 Å². The maximum absolute atomic E-state index is 11.5. The maximum atomic E-state index is 11.5. The van der Waals surface area contributed by atoms with Crippen molar-refractivity contribution in [3.8, 4) is 23.0 Å². The van der Waals surface area contributed by atoms with Crippen LogP contribution in [0.4, 0.5) is 5.69 Å². The molecule has 0 heterocycles. The minimum absolute atomic E-state index is 0.0574. The molecule has 0 amide bonds. The van der Waals surface area contributed by atoms with Gasteiger partial charge in [-0.05, 0) is 35.3 Å². The van der Waals surface area contributed by atoms with Gasteiger partial charge in [-0.15, -0.1) is 0 Å². The SMILES string of the molecule is CCC(C)(C)c1ccc(OCCOc2cc(OC)c(OC)cc2[N+](=O)[O-])c(C(C)(C)CC)c1. The average molecular weight is 460 g/mol. The molecule has 0 aliphatic heterocycles. The van der Waals surface area contributed by atoms with Gasteiger partial charge in [0, 0.05) is 11.6 Å². The van der Waals surface area contributed by atoms with Crippen molar-refractivity contribution < 1.29 is 23.9 Å². The molecular formula is C26H37NO6. The summed E-state index contributed by atoms with van der Waals surface area (Å²) in [5.41, 5.74) is 2.27. The van der Waals surface area contributed by atoms with Gasteiger partial charge in [-0.3, -0.25) is 10.1 Å². The lowest BCUT2D eigenvalue weighted by Crippen LogP contribution is -2.22. The summed E-state index contributed by atoms with van der Waals surface area (Å²) in [6, 6.07) is 9.16. The molecule has 2 rings (SSSR count). The Balaban J connectivity index is 2.22. The summed E-state index contributed by atoms with van der Waals surface area (Å²) in [5, 5.41) is 11.5. The van der Waals surface area contributed by atoms with Crippen LogP contribution in [0.3, 0.4) is 0 Å². The van der Waals surface area contributed by atoms with Crippen molar-refractivity contribution in [3.63, 3.8) is 0 Å². The summed E-state index contributed by atoms with van der Waals surface area (Å²) in [5.74, 6) is 1.55. The molecule has 0 N–H and O–H groups in total. The van der Waals surface area contributed by atoms with Gasteiger partial charge in [-0.25, -0.2) is 0 Å². The standard InChI is InChI=1S/C26H37NO6/c1-9-25(3,4)18-11-12-21(19(15-18)26(5,6)10-2)32-13-14-33-22-17-24(31-8)23(30-7)16-20(22)27(28)29/h11-12,15-17H,9-10,13-14H2,1-8H3. The van der Waals surface area contributed by atoms with Gasteiger partial charge in [0.1, 0.15) is 19.0 Å². The second kappa shape index (κ2) is 10.8. The van der Waals surface area contributed by atoms with E-state index in [4.69, 9.17) is 18.9 Å². The number of benzene rings is 2. The molecule has 33 heavy (non-hydrogen) atoms. The van der Waals surface area contributed by atoms with Crippen LogP contribution in [0.1, 0.15) is 65.5 Å². The lowest BCUT2D eigenvalue weighted by Gasteiger charge is -2.30. The molecule has 0 saturated heterocycles. The number of hydrogen-bond acceptors (Lipinski definition) is 6. The Hall–Kier alpha value is -2.96. The van der Waals surface area contributed by atoms with Crippen LogP contribution in [0, 0.1) is 10.1 Å². The number of hydrogen-bond donors (Lipinski definition) is 0. The molecule has 0 aliphatic rings. The van der Waals surface area contributed by atoms with Crippen LogP contribution < -0.4 is 18.9 Å². The summed E-state index contributed by atoms with van der Waals surface area (Å²) < 4.78 is 22.2.